The Labute approximate surface area is 108 Å². The molecule has 0 saturated carbocycles. The lowest BCUT2D eigenvalue weighted by Crippen LogP contribution is -1.94. The second-order valence-corrected chi connectivity index (χ2v) is 5.06. The van der Waals surface area contributed by atoms with E-state index in [4.69, 9.17) is 0 Å². The summed E-state index contributed by atoms with van der Waals surface area (Å²) in [5.74, 6) is 0.200. The van der Waals surface area contributed by atoms with Crippen molar-refractivity contribution in [3.8, 4) is 0 Å². The zero-order chi connectivity index (χ0) is 13.1. The number of carbonyl (C=O) groups is 1. The molecule has 2 heteroatoms. The second kappa shape index (κ2) is 5.21. The van der Waals surface area contributed by atoms with E-state index in [9.17, 15) is 4.79 Å². The maximum absolute atomic E-state index is 11.2. The van der Waals surface area contributed by atoms with Gasteiger partial charge in [0.2, 0.25) is 0 Å². The molecule has 1 aromatic carbocycles. The lowest BCUT2D eigenvalue weighted by Gasteiger charge is -2.00. The summed E-state index contributed by atoms with van der Waals surface area (Å²) in [7, 11) is 0. The van der Waals surface area contributed by atoms with Gasteiger partial charge < -0.3 is 4.98 Å². The minimum atomic E-state index is 0.200. The SMILES string of the molecule is CC(=O)Cc1c[nH]c2ccc(CC=C(C)C)cc12. The second-order valence-electron chi connectivity index (χ2n) is 5.06. The van der Waals surface area contributed by atoms with Crippen molar-refractivity contribution in [2.75, 3.05) is 0 Å². The Kier molecular flexibility index (Phi) is 3.66. The Balaban J connectivity index is 2.35. The number of fused-ring (bicyclic) bond motifs is 1. The smallest absolute Gasteiger partial charge is 0.134 e. The van der Waals surface area contributed by atoms with Crippen LogP contribution in [0.5, 0.6) is 0 Å². The van der Waals surface area contributed by atoms with Gasteiger partial charge in [-0.3, -0.25) is 4.79 Å². The maximum atomic E-state index is 11.2. The average molecular weight is 241 g/mol. The van der Waals surface area contributed by atoms with Gasteiger partial charge in [0.1, 0.15) is 5.78 Å². The summed E-state index contributed by atoms with van der Waals surface area (Å²) in [5, 5.41) is 1.17. The molecule has 0 bridgehead atoms. The van der Waals surface area contributed by atoms with Crippen LogP contribution in [0.1, 0.15) is 31.9 Å². The Morgan fingerprint density at radius 2 is 2.06 bits per heavy atom. The zero-order valence-corrected chi connectivity index (χ0v) is 11.2. The normalized spacial score (nSPS) is 10.6. The molecule has 0 atom stereocenters. The molecule has 0 unspecified atom stereocenters. The third-order valence-corrected chi connectivity index (χ3v) is 3.02. The lowest BCUT2D eigenvalue weighted by molar-refractivity contribution is -0.116. The zero-order valence-electron chi connectivity index (χ0n) is 11.2. The van der Waals surface area contributed by atoms with Gasteiger partial charge in [-0.1, -0.05) is 17.7 Å². The molecule has 18 heavy (non-hydrogen) atoms. The third kappa shape index (κ3) is 2.89. The van der Waals surface area contributed by atoms with Crippen LogP contribution in [0.4, 0.5) is 0 Å². The first kappa shape index (κ1) is 12.6. The number of Topliss-reactive ketones (excluding diaryl/α,β-unsaturated/α-hetero) is 1. The standard InChI is InChI=1S/C16H19NO/c1-11(2)4-5-13-6-7-16-15(9-13)14(10-17-16)8-12(3)18/h4,6-7,9-10,17H,5,8H2,1-3H3. The van der Waals surface area contributed by atoms with Gasteiger partial charge in [0.05, 0.1) is 0 Å². The number of aromatic nitrogens is 1. The summed E-state index contributed by atoms with van der Waals surface area (Å²) in [6.45, 7) is 5.85. The van der Waals surface area contributed by atoms with Crippen LogP contribution < -0.4 is 0 Å². The summed E-state index contributed by atoms with van der Waals surface area (Å²) in [6, 6.07) is 6.41. The first-order valence-electron chi connectivity index (χ1n) is 6.28. The molecule has 0 spiro atoms. The Morgan fingerprint density at radius 1 is 1.28 bits per heavy atom. The average Bonchev–Trinajstić information content (AvgIpc) is 2.68. The predicted octanol–water partition coefficient (Wildman–Crippen LogP) is 3.81. The van der Waals surface area contributed by atoms with Crippen molar-refractivity contribution >= 4 is 16.7 Å². The number of nitrogens with one attached hydrogen (secondary N) is 1. The minimum Gasteiger partial charge on any atom is -0.361 e. The lowest BCUT2D eigenvalue weighted by atomic mass is 10.0. The first-order chi connectivity index (χ1) is 8.56. The van der Waals surface area contributed by atoms with Crippen LogP contribution in [0.25, 0.3) is 10.9 Å². The summed E-state index contributed by atoms with van der Waals surface area (Å²) in [5.41, 5.74) is 4.81. The fourth-order valence-corrected chi connectivity index (χ4v) is 2.09. The molecule has 0 amide bonds. The van der Waals surface area contributed by atoms with Gasteiger partial charge in [0.25, 0.3) is 0 Å². The topological polar surface area (TPSA) is 32.9 Å². The number of carbonyl (C=O) groups excluding carboxylic acids is 1. The molecule has 94 valence electrons. The molecule has 0 fully saturated rings. The van der Waals surface area contributed by atoms with E-state index >= 15 is 0 Å². The molecule has 0 aliphatic rings. The van der Waals surface area contributed by atoms with Crippen molar-refractivity contribution in [3.05, 3.63) is 47.2 Å². The van der Waals surface area contributed by atoms with Crippen LogP contribution in [0.3, 0.4) is 0 Å². The van der Waals surface area contributed by atoms with Gasteiger partial charge in [-0.05, 0) is 50.5 Å². The highest BCUT2D eigenvalue weighted by atomic mass is 16.1. The Hall–Kier alpha value is -1.83. The largest absolute Gasteiger partial charge is 0.361 e. The molecule has 2 rings (SSSR count). The number of H-pyrrole nitrogens is 1. The van der Waals surface area contributed by atoms with E-state index in [0.717, 1.165) is 17.5 Å². The van der Waals surface area contributed by atoms with Gasteiger partial charge in [0, 0.05) is 23.5 Å². The van der Waals surface area contributed by atoms with E-state index in [1.807, 2.05) is 6.20 Å². The van der Waals surface area contributed by atoms with Gasteiger partial charge in [-0.15, -0.1) is 0 Å². The first-order valence-corrected chi connectivity index (χ1v) is 6.28. The monoisotopic (exact) mass is 241 g/mol. The summed E-state index contributed by atoms with van der Waals surface area (Å²) >= 11 is 0. The molecule has 2 nitrogen and oxygen atoms in total. The van der Waals surface area contributed by atoms with Crippen LogP contribution in [-0.4, -0.2) is 10.8 Å². The fourth-order valence-electron chi connectivity index (χ4n) is 2.09. The van der Waals surface area contributed by atoms with Crippen LogP contribution in [-0.2, 0) is 17.6 Å². The maximum Gasteiger partial charge on any atom is 0.134 e. The highest BCUT2D eigenvalue weighted by Gasteiger charge is 2.06. The number of hydrogen-bond acceptors (Lipinski definition) is 1. The molecule has 0 radical (unpaired) electrons. The van der Waals surface area contributed by atoms with Crippen LogP contribution in [0.15, 0.2) is 36.0 Å². The van der Waals surface area contributed by atoms with E-state index in [0.29, 0.717) is 6.42 Å². The predicted molar refractivity (Wildman–Crippen MR) is 75.8 cm³/mol. The van der Waals surface area contributed by atoms with Crippen molar-refractivity contribution in [2.24, 2.45) is 0 Å². The van der Waals surface area contributed by atoms with Crippen LogP contribution in [0, 0.1) is 0 Å². The van der Waals surface area contributed by atoms with E-state index in [1.54, 1.807) is 6.92 Å². The molecule has 0 aliphatic carbocycles. The quantitative estimate of drug-likeness (QED) is 0.811. The van der Waals surface area contributed by atoms with Crippen molar-refractivity contribution in [2.45, 2.75) is 33.6 Å². The molecule has 2 aromatic rings. The van der Waals surface area contributed by atoms with Crippen LogP contribution in [0.2, 0.25) is 0 Å². The molecule has 1 heterocycles. The van der Waals surface area contributed by atoms with E-state index < -0.39 is 0 Å². The molecule has 0 aliphatic heterocycles. The molecule has 1 N–H and O–H groups in total. The molecular weight excluding hydrogens is 222 g/mol. The number of ketones is 1. The molecular formula is C16H19NO. The van der Waals surface area contributed by atoms with Crippen molar-refractivity contribution < 1.29 is 4.79 Å². The fraction of sp³-hybridized carbons (Fsp3) is 0.312. The Morgan fingerprint density at radius 3 is 2.72 bits per heavy atom. The van der Waals surface area contributed by atoms with Crippen molar-refractivity contribution in [3.63, 3.8) is 0 Å². The van der Waals surface area contributed by atoms with Gasteiger partial charge in [-0.25, -0.2) is 0 Å². The van der Waals surface area contributed by atoms with Crippen LogP contribution >= 0.6 is 0 Å². The van der Waals surface area contributed by atoms with Crippen molar-refractivity contribution in [1.29, 1.82) is 0 Å². The highest BCUT2D eigenvalue weighted by molar-refractivity contribution is 5.89. The van der Waals surface area contributed by atoms with E-state index in [1.165, 1.54) is 16.5 Å². The molecule has 0 saturated heterocycles. The van der Waals surface area contributed by atoms with Gasteiger partial charge >= 0.3 is 0 Å². The summed E-state index contributed by atoms with van der Waals surface area (Å²) in [6.07, 6.45) is 5.62. The molecule has 1 aromatic heterocycles. The number of allylic oxidation sites excluding steroid dienone is 2. The number of rotatable bonds is 4. The van der Waals surface area contributed by atoms with Gasteiger partial charge in [-0.2, -0.15) is 0 Å². The minimum absolute atomic E-state index is 0.200. The van der Waals surface area contributed by atoms with E-state index in [-0.39, 0.29) is 5.78 Å². The summed E-state index contributed by atoms with van der Waals surface area (Å²) in [4.78, 5) is 14.4. The number of hydrogen-bond donors (Lipinski definition) is 1. The number of benzene rings is 1. The highest BCUT2D eigenvalue weighted by Crippen LogP contribution is 2.21. The summed E-state index contributed by atoms with van der Waals surface area (Å²) < 4.78 is 0. The van der Waals surface area contributed by atoms with E-state index in [2.05, 4.69) is 43.1 Å². The van der Waals surface area contributed by atoms with Crippen molar-refractivity contribution in [1.82, 2.24) is 4.98 Å². The number of aromatic amines is 1. The third-order valence-electron chi connectivity index (χ3n) is 3.02. The van der Waals surface area contributed by atoms with Gasteiger partial charge in [0.15, 0.2) is 0 Å². The Bertz CT molecular complexity index is 601.